The molecule has 1 aromatic carbocycles. The number of hydrogen-bond acceptors (Lipinski definition) is 5. The summed E-state index contributed by atoms with van der Waals surface area (Å²) in [4.78, 5) is 36.5. The second-order valence-electron chi connectivity index (χ2n) is 6.58. The zero-order valence-corrected chi connectivity index (χ0v) is 14.0. The van der Waals surface area contributed by atoms with E-state index in [4.69, 9.17) is 32.7 Å². The molecular formula is C17H14Cl2O5. The van der Waals surface area contributed by atoms with Gasteiger partial charge in [0.2, 0.25) is 5.78 Å². The molecule has 3 fully saturated rings. The number of benzene rings is 1. The minimum Gasteiger partial charge on any atom is -0.462 e. The molecule has 0 unspecified atom stereocenters. The Morgan fingerprint density at radius 2 is 2.04 bits per heavy atom. The third-order valence-electron chi connectivity index (χ3n) is 5.33. The van der Waals surface area contributed by atoms with Crippen LogP contribution in [0.2, 0.25) is 10.0 Å². The van der Waals surface area contributed by atoms with Crippen LogP contribution in [0.5, 0.6) is 0 Å². The lowest BCUT2D eigenvalue weighted by molar-refractivity contribution is -0.154. The van der Waals surface area contributed by atoms with E-state index < -0.39 is 30.2 Å². The van der Waals surface area contributed by atoms with Crippen molar-refractivity contribution in [1.82, 2.24) is 0 Å². The van der Waals surface area contributed by atoms with Crippen molar-refractivity contribution in [3.8, 4) is 0 Å². The van der Waals surface area contributed by atoms with Crippen LogP contribution < -0.4 is 0 Å². The smallest absolute Gasteiger partial charge is 0.310 e. The molecule has 2 saturated carbocycles. The van der Waals surface area contributed by atoms with Crippen molar-refractivity contribution >= 4 is 40.9 Å². The van der Waals surface area contributed by atoms with E-state index in [1.54, 1.807) is 6.07 Å². The summed E-state index contributed by atoms with van der Waals surface area (Å²) in [7, 11) is 0. The molecule has 0 spiro atoms. The van der Waals surface area contributed by atoms with Gasteiger partial charge in [-0.05, 0) is 37.0 Å². The van der Waals surface area contributed by atoms with E-state index in [9.17, 15) is 14.4 Å². The SMILES string of the molecule is O=C(COC(=O)[C@@H]1[C@@H]2C[C@@H]3[C@@H]1C(=O)O[C@H]3C2)c1ccc(Cl)cc1Cl. The summed E-state index contributed by atoms with van der Waals surface area (Å²) in [5.41, 5.74) is 0.252. The summed E-state index contributed by atoms with van der Waals surface area (Å²) >= 11 is 11.8. The Balaban J connectivity index is 1.42. The van der Waals surface area contributed by atoms with Gasteiger partial charge in [-0.3, -0.25) is 14.4 Å². The Labute approximate surface area is 148 Å². The van der Waals surface area contributed by atoms with Gasteiger partial charge in [-0.25, -0.2) is 0 Å². The maximum absolute atomic E-state index is 12.4. The first-order valence-electron chi connectivity index (χ1n) is 7.81. The summed E-state index contributed by atoms with van der Waals surface area (Å²) < 4.78 is 10.5. The summed E-state index contributed by atoms with van der Waals surface area (Å²) in [6.07, 6.45) is 1.49. The average molecular weight is 369 g/mol. The van der Waals surface area contributed by atoms with E-state index in [2.05, 4.69) is 0 Å². The molecule has 5 atom stereocenters. The van der Waals surface area contributed by atoms with Crippen LogP contribution >= 0.6 is 23.2 Å². The molecular weight excluding hydrogens is 355 g/mol. The fraction of sp³-hybridized carbons (Fsp3) is 0.471. The van der Waals surface area contributed by atoms with Crippen LogP contribution in [-0.4, -0.2) is 30.4 Å². The molecule has 5 nitrogen and oxygen atoms in total. The van der Waals surface area contributed by atoms with Gasteiger partial charge in [0.25, 0.3) is 0 Å². The monoisotopic (exact) mass is 368 g/mol. The second kappa shape index (κ2) is 5.74. The molecule has 1 saturated heterocycles. The number of hydrogen-bond donors (Lipinski definition) is 0. The van der Waals surface area contributed by atoms with E-state index in [-0.39, 0.29) is 34.5 Å². The molecule has 1 aliphatic heterocycles. The molecule has 0 amide bonds. The van der Waals surface area contributed by atoms with Crippen LogP contribution in [0.15, 0.2) is 18.2 Å². The first-order chi connectivity index (χ1) is 11.5. The zero-order chi connectivity index (χ0) is 17.0. The number of carbonyl (C=O) groups is 3. The Kier molecular flexibility index (Phi) is 3.81. The van der Waals surface area contributed by atoms with Crippen molar-refractivity contribution in [3.63, 3.8) is 0 Å². The Hall–Kier alpha value is -1.59. The molecule has 1 heterocycles. The minimum absolute atomic E-state index is 0.0361. The summed E-state index contributed by atoms with van der Waals surface area (Å²) in [5.74, 6) is -1.87. The van der Waals surface area contributed by atoms with Crippen molar-refractivity contribution in [3.05, 3.63) is 33.8 Å². The van der Waals surface area contributed by atoms with Crippen molar-refractivity contribution in [2.75, 3.05) is 6.61 Å². The van der Waals surface area contributed by atoms with Gasteiger partial charge in [0.05, 0.1) is 16.9 Å². The maximum atomic E-state index is 12.4. The van der Waals surface area contributed by atoms with Crippen LogP contribution in [0.3, 0.4) is 0 Å². The van der Waals surface area contributed by atoms with Crippen LogP contribution in [0.1, 0.15) is 23.2 Å². The molecule has 3 aliphatic rings. The van der Waals surface area contributed by atoms with Crippen LogP contribution in [0, 0.1) is 23.7 Å². The van der Waals surface area contributed by atoms with Crippen molar-refractivity contribution in [1.29, 1.82) is 0 Å². The fourth-order valence-corrected chi connectivity index (χ4v) is 4.87. The summed E-state index contributed by atoms with van der Waals surface area (Å²) in [6, 6.07) is 4.51. The number of esters is 2. The number of halogens is 2. The third kappa shape index (κ3) is 2.42. The Morgan fingerprint density at radius 3 is 2.79 bits per heavy atom. The van der Waals surface area contributed by atoms with Crippen molar-refractivity contribution in [2.45, 2.75) is 18.9 Å². The standard InChI is InChI=1S/C17H14Cl2O5/c18-8-1-2-9(11(19)5-8)12(20)6-23-16(21)14-7-3-10-13(4-7)24-17(22)15(10)14/h1-2,5,7,10,13-15H,3-4,6H2/t7-,10+,13+,14-,15+/m1/s1. The van der Waals surface area contributed by atoms with Gasteiger partial charge in [-0.1, -0.05) is 23.2 Å². The molecule has 24 heavy (non-hydrogen) atoms. The van der Waals surface area contributed by atoms with E-state index in [1.807, 2.05) is 0 Å². The maximum Gasteiger partial charge on any atom is 0.310 e. The fourth-order valence-electron chi connectivity index (χ4n) is 4.35. The van der Waals surface area contributed by atoms with Gasteiger partial charge in [0.15, 0.2) is 6.61 Å². The normalized spacial score (nSPS) is 32.8. The highest BCUT2D eigenvalue weighted by Gasteiger charge is 2.64. The number of ketones is 1. The number of fused-ring (bicyclic) bond motifs is 1. The third-order valence-corrected chi connectivity index (χ3v) is 5.88. The molecule has 126 valence electrons. The number of Topliss-reactive ketones (excluding diaryl/α,β-unsaturated/α-hetero) is 1. The van der Waals surface area contributed by atoms with Gasteiger partial charge in [-0.2, -0.15) is 0 Å². The molecule has 4 rings (SSSR count). The lowest BCUT2D eigenvalue weighted by Crippen LogP contribution is -2.34. The van der Waals surface area contributed by atoms with Crippen molar-refractivity contribution < 1.29 is 23.9 Å². The van der Waals surface area contributed by atoms with Gasteiger partial charge in [-0.15, -0.1) is 0 Å². The van der Waals surface area contributed by atoms with E-state index >= 15 is 0 Å². The predicted molar refractivity (Wildman–Crippen MR) is 84.8 cm³/mol. The topological polar surface area (TPSA) is 69.7 Å². The minimum atomic E-state index is -0.497. The second-order valence-corrected chi connectivity index (χ2v) is 7.42. The number of ether oxygens (including phenoxy) is 2. The van der Waals surface area contributed by atoms with E-state index in [0.29, 0.717) is 11.4 Å². The van der Waals surface area contributed by atoms with Crippen LogP contribution in [-0.2, 0) is 19.1 Å². The number of rotatable bonds is 4. The quantitative estimate of drug-likeness (QED) is 0.603. The molecule has 2 bridgehead atoms. The predicted octanol–water partition coefficient (Wildman–Crippen LogP) is 2.92. The molecule has 1 aromatic rings. The number of carbonyl (C=O) groups excluding carboxylic acids is 3. The summed E-state index contributed by atoms with van der Waals surface area (Å²) in [6.45, 7) is -0.404. The first-order valence-corrected chi connectivity index (χ1v) is 8.56. The highest BCUT2D eigenvalue weighted by Crippen LogP contribution is 2.57. The molecule has 2 aliphatic carbocycles. The van der Waals surface area contributed by atoms with E-state index in [0.717, 1.165) is 6.42 Å². The van der Waals surface area contributed by atoms with Gasteiger partial charge < -0.3 is 9.47 Å². The lowest BCUT2D eigenvalue weighted by atomic mass is 9.80. The lowest BCUT2D eigenvalue weighted by Gasteiger charge is -2.22. The van der Waals surface area contributed by atoms with Gasteiger partial charge in [0, 0.05) is 16.5 Å². The van der Waals surface area contributed by atoms with Crippen molar-refractivity contribution in [2.24, 2.45) is 23.7 Å². The van der Waals surface area contributed by atoms with E-state index in [1.165, 1.54) is 12.1 Å². The molecule has 0 N–H and O–H groups in total. The zero-order valence-electron chi connectivity index (χ0n) is 12.5. The first kappa shape index (κ1) is 15.9. The average Bonchev–Trinajstić information content (AvgIpc) is 3.14. The highest BCUT2D eigenvalue weighted by molar-refractivity contribution is 6.36. The molecule has 0 radical (unpaired) electrons. The summed E-state index contributed by atoms with van der Waals surface area (Å²) in [5, 5.41) is 0.635. The van der Waals surface area contributed by atoms with Gasteiger partial charge >= 0.3 is 11.9 Å². The largest absolute Gasteiger partial charge is 0.462 e. The Bertz CT molecular complexity index is 744. The molecule has 7 heteroatoms. The Morgan fingerprint density at radius 1 is 1.25 bits per heavy atom. The molecule has 0 aromatic heterocycles. The highest BCUT2D eigenvalue weighted by atomic mass is 35.5. The van der Waals surface area contributed by atoms with Gasteiger partial charge in [0.1, 0.15) is 6.10 Å². The van der Waals surface area contributed by atoms with Crippen LogP contribution in [0.25, 0.3) is 0 Å². The van der Waals surface area contributed by atoms with Crippen LogP contribution in [0.4, 0.5) is 0 Å².